The highest BCUT2D eigenvalue weighted by atomic mass is 16.1. The highest BCUT2D eigenvalue weighted by Crippen LogP contribution is 2.20. The van der Waals surface area contributed by atoms with Crippen LogP contribution in [0.5, 0.6) is 0 Å². The molecule has 1 N–H and O–H groups in total. The first-order chi connectivity index (χ1) is 4.40. The summed E-state index contributed by atoms with van der Waals surface area (Å²) in [6.07, 6.45) is 2.13. The fraction of sp³-hybridized carbons (Fsp3) is 0.833. The van der Waals surface area contributed by atoms with E-state index < -0.39 is 0 Å². The Bertz CT molecular complexity index is 137. The molecule has 2 aliphatic rings. The molecule has 2 aliphatic heterocycles. The number of carbonyl (C=O) groups is 1. The van der Waals surface area contributed by atoms with Crippen molar-refractivity contribution in [3.05, 3.63) is 0 Å². The Labute approximate surface area is 54.0 Å². The number of carbonyl (C=O) groups excluding carboxylic acids is 1. The van der Waals surface area contributed by atoms with Crippen LogP contribution in [-0.4, -0.2) is 36.5 Å². The Morgan fingerprint density at radius 3 is 2.89 bits per heavy atom. The summed E-state index contributed by atoms with van der Waals surface area (Å²) in [5, 5.41) is 3.32. The Morgan fingerprint density at radius 2 is 2.56 bits per heavy atom. The number of fused-ring (bicyclic) bond motifs is 2. The molecular weight excluding hydrogens is 116 g/mol. The maximum absolute atomic E-state index is 10.3. The van der Waals surface area contributed by atoms with E-state index in [4.69, 9.17) is 0 Å². The Kier molecular flexibility index (Phi) is 0.990. The minimum absolute atomic E-state index is 0.507. The van der Waals surface area contributed by atoms with Gasteiger partial charge in [-0.3, -0.25) is 4.79 Å². The van der Waals surface area contributed by atoms with E-state index in [1.165, 1.54) is 6.42 Å². The van der Waals surface area contributed by atoms with Crippen LogP contribution in [0.2, 0.25) is 0 Å². The number of nitrogens with zero attached hydrogens (tertiary/aromatic N) is 1. The molecule has 0 aromatic rings. The number of rotatable bonds is 1. The predicted octanol–water partition coefficient (Wildman–Crippen LogP) is -0.811. The molecule has 2 saturated heterocycles. The highest BCUT2D eigenvalue weighted by Gasteiger charge is 2.36. The molecule has 0 spiro atoms. The van der Waals surface area contributed by atoms with Crippen molar-refractivity contribution in [2.24, 2.45) is 0 Å². The molecule has 1 amide bonds. The van der Waals surface area contributed by atoms with Crippen LogP contribution >= 0.6 is 0 Å². The SMILES string of the molecule is O=CN1C[C@@H]2C[C@H]1CN2. The molecule has 2 bridgehead atoms. The lowest BCUT2D eigenvalue weighted by Crippen LogP contribution is -2.42. The maximum atomic E-state index is 10.3. The van der Waals surface area contributed by atoms with Gasteiger partial charge >= 0.3 is 0 Å². The third-order valence-electron chi connectivity index (χ3n) is 2.23. The monoisotopic (exact) mass is 126 g/mol. The van der Waals surface area contributed by atoms with Crippen LogP contribution in [0.25, 0.3) is 0 Å². The molecule has 0 aliphatic carbocycles. The summed E-state index contributed by atoms with van der Waals surface area (Å²) in [5.41, 5.74) is 0. The van der Waals surface area contributed by atoms with Crippen LogP contribution < -0.4 is 5.32 Å². The lowest BCUT2D eigenvalue weighted by atomic mass is 10.2. The Morgan fingerprint density at radius 1 is 1.67 bits per heavy atom. The molecule has 9 heavy (non-hydrogen) atoms. The summed E-state index contributed by atoms with van der Waals surface area (Å²) in [7, 11) is 0. The van der Waals surface area contributed by atoms with Crippen molar-refractivity contribution in [3.63, 3.8) is 0 Å². The summed E-state index contributed by atoms with van der Waals surface area (Å²) < 4.78 is 0. The molecule has 3 heteroatoms. The van der Waals surface area contributed by atoms with Crippen molar-refractivity contribution in [2.45, 2.75) is 18.5 Å². The van der Waals surface area contributed by atoms with Crippen molar-refractivity contribution in [3.8, 4) is 0 Å². The third-order valence-corrected chi connectivity index (χ3v) is 2.23. The minimum atomic E-state index is 0.507. The summed E-state index contributed by atoms with van der Waals surface area (Å²) in [6, 6.07) is 1.10. The largest absolute Gasteiger partial charge is 0.339 e. The molecule has 50 valence electrons. The van der Waals surface area contributed by atoms with Gasteiger partial charge in [0.05, 0.1) is 0 Å². The van der Waals surface area contributed by atoms with Crippen LogP contribution in [0, 0.1) is 0 Å². The molecule has 3 nitrogen and oxygen atoms in total. The van der Waals surface area contributed by atoms with Gasteiger partial charge in [0, 0.05) is 25.2 Å². The molecule has 0 aromatic heterocycles. The molecule has 2 atom stereocenters. The summed E-state index contributed by atoms with van der Waals surface area (Å²) in [4.78, 5) is 12.2. The number of hydrogen-bond donors (Lipinski definition) is 1. The van der Waals surface area contributed by atoms with E-state index in [-0.39, 0.29) is 0 Å². The topological polar surface area (TPSA) is 32.3 Å². The van der Waals surface area contributed by atoms with Crippen LogP contribution in [0.15, 0.2) is 0 Å². The number of amides is 1. The van der Waals surface area contributed by atoms with Gasteiger partial charge in [-0.2, -0.15) is 0 Å². The van der Waals surface area contributed by atoms with E-state index in [0.717, 1.165) is 19.5 Å². The first-order valence-corrected chi connectivity index (χ1v) is 3.34. The maximum Gasteiger partial charge on any atom is 0.210 e. The van der Waals surface area contributed by atoms with Gasteiger partial charge in [0.25, 0.3) is 0 Å². The van der Waals surface area contributed by atoms with E-state index in [1.807, 2.05) is 4.90 Å². The van der Waals surface area contributed by atoms with Gasteiger partial charge in [0.15, 0.2) is 0 Å². The zero-order valence-electron chi connectivity index (χ0n) is 5.21. The standard InChI is InChI=1S/C6H10N2O/c9-4-8-3-5-1-6(8)2-7-5/h4-7H,1-3H2/t5-,6-/m0/s1. The van der Waals surface area contributed by atoms with E-state index in [9.17, 15) is 4.79 Å². The number of piperazine rings is 1. The second-order valence-corrected chi connectivity index (χ2v) is 2.80. The summed E-state index contributed by atoms with van der Waals surface area (Å²) in [6.45, 7) is 1.93. The number of nitrogens with one attached hydrogen (secondary N) is 1. The highest BCUT2D eigenvalue weighted by molar-refractivity contribution is 5.49. The lowest BCUT2D eigenvalue weighted by Gasteiger charge is -2.22. The van der Waals surface area contributed by atoms with Crippen LogP contribution in [0.3, 0.4) is 0 Å². The van der Waals surface area contributed by atoms with Gasteiger partial charge in [-0.05, 0) is 6.42 Å². The van der Waals surface area contributed by atoms with Gasteiger partial charge in [-0.25, -0.2) is 0 Å². The van der Waals surface area contributed by atoms with Gasteiger partial charge in [-0.15, -0.1) is 0 Å². The average Bonchev–Trinajstić information content (AvgIpc) is 2.45. The van der Waals surface area contributed by atoms with E-state index in [1.54, 1.807) is 0 Å². The molecule has 2 fully saturated rings. The first kappa shape index (κ1) is 5.23. The third kappa shape index (κ3) is 0.645. The Balaban J connectivity index is 2.09. The summed E-state index contributed by atoms with van der Waals surface area (Å²) >= 11 is 0. The van der Waals surface area contributed by atoms with Crippen molar-refractivity contribution < 1.29 is 4.79 Å². The van der Waals surface area contributed by atoms with Crippen LogP contribution in [0.4, 0.5) is 0 Å². The van der Waals surface area contributed by atoms with Crippen molar-refractivity contribution in [1.82, 2.24) is 10.2 Å². The minimum Gasteiger partial charge on any atom is -0.339 e. The van der Waals surface area contributed by atoms with Gasteiger partial charge in [0.1, 0.15) is 0 Å². The quantitative estimate of drug-likeness (QED) is 0.466. The van der Waals surface area contributed by atoms with Crippen molar-refractivity contribution in [1.29, 1.82) is 0 Å². The number of likely N-dealkylation sites (tertiary alicyclic amines) is 1. The predicted molar refractivity (Wildman–Crippen MR) is 33.0 cm³/mol. The lowest BCUT2D eigenvalue weighted by molar-refractivity contribution is -0.119. The molecular formula is C6H10N2O. The average molecular weight is 126 g/mol. The Hall–Kier alpha value is -0.570. The van der Waals surface area contributed by atoms with Crippen LogP contribution in [-0.2, 0) is 4.79 Å². The van der Waals surface area contributed by atoms with Gasteiger partial charge in [0.2, 0.25) is 6.41 Å². The molecule has 0 radical (unpaired) electrons. The van der Waals surface area contributed by atoms with Gasteiger partial charge in [-0.1, -0.05) is 0 Å². The normalized spacial score (nSPS) is 39.8. The first-order valence-electron chi connectivity index (χ1n) is 3.34. The van der Waals surface area contributed by atoms with E-state index >= 15 is 0 Å². The number of hydrogen-bond acceptors (Lipinski definition) is 2. The zero-order chi connectivity index (χ0) is 6.27. The molecule has 0 saturated carbocycles. The second kappa shape index (κ2) is 1.70. The van der Waals surface area contributed by atoms with Crippen LogP contribution in [0.1, 0.15) is 6.42 Å². The molecule has 0 unspecified atom stereocenters. The molecule has 2 heterocycles. The van der Waals surface area contributed by atoms with Crippen molar-refractivity contribution >= 4 is 6.41 Å². The fourth-order valence-corrected chi connectivity index (χ4v) is 1.72. The zero-order valence-corrected chi connectivity index (χ0v) is 5.21. The second-order valence-electron chi connectivity index (χ2n) is 2.80. The molecule has 0 aromatic carbocycles. The smallest absolute Gasteiger partial charge is 0.210 e. The van der Waals surface area contributed by atoms with Gasteiger partial charge < -0.3 is 10.2 Å². The summed E-state index contributed by atoms with van der Waals surface area (Å²) in [5.74, 6) is 0. The molecule has 2 rings (SSSR count). The fourth-order valence-electron chi connectivity index (χ4n) is 1.72. The van der Waals surface area contributed by atoms with Crippen molar-refractivity contribution in [2.75, 3.05) is 13.1 Å². The van der Waals surface area contributed by atoms with E-state index in [2.05, 4.69) is 5.32 Å². The van der Waals surface area contributed by atoms with E-state index in [0.29, 0.717) is 12.1 Å².